The van der Waals surface area contributed by atoms with Crippen LogP contribution >= 0.6 is 0 Å². The van der Waals surface area contributed by atoms with E-state index in [4.69, 9.17) is 5.11 Å². The first-order valence-electron chi connectivity index (χ1n) is 7.74. The van der Waals surface area contributed by atoms with Crippen LogP contribution in [0, 0.1) is 17.8 Å². The van der Waals surface area contributed by atoms with Gasteiger partial charge in [-0.1, -0.05) is 24.6 Å². The molecule has 3 unspecified atom stereocenters. The summed E-state index contributed by atoms with van der Waals surface area (Å²) in [6.07, 6.45) is 5.78. The molecule has 0 aliphatic heterocycles. The Kier molecular flexibility index (Phi) is 3.95. The molecule has 3 rings (SSSR count). The van der Waals surface area contributed by atoms with Crippen LogP contribution in [0.4, 0.5) is 5.69 Å². The maximum absolute atomic E-state index is 10.9. The predicted molar refractivity (Wildman–Crippen MR) is 79.8 cm³/mol. The molecular weight excluding hydrogens is 250 g/mol. The monoisotopic (exact) mass is 273 g/mol. The van der Waals surface area contributed by atoms with Gasteiger partial charge in [0.1, 0.15) is 0 Å². The summed E-state index contributed by atoms with van der Waals surface area (Å²) in [6.45, 7) is 1.64. The molecule has 0 heterocycles. The molecule has 2 saturated carbocycles. The number of hydrogen-bond acceptors (Lipinski definition) is 2. The normalized spacial score (nSPS) is 27.7. The predicted octanol–water partition coefficient (Wildman–Crippen LogP) is 3.40. The van der Waals surface area contributed by atoms with Crippen molar-refractivity contribution in [2.45, 2.75) is 32.1 Å². The molecule has 108 valence electrons. The first-order valence-corrected chi connectivity index (χ1v) is 7.74. The fourth-order valence-electron chi connectivity index (χ4n) is 4.08. The number of carboxylic acids is 1. The van der Waals surface area contributed by atoms with Crippen molar-refractivity contribution >= 4 is 11.7 Å². The topological polar surface area (TPSA) is 40.5 Å². The van der Waals surface area contributed by atoms with E-state index in [-0.39, 0.29) is 6.42 Å². The Morgan fingerprint density at radius 2 is 2.00 bits per heavy atom. The van der Waals surface area contributed by atoms with Crippen LogP contribution in [0.1, 0.15) is 32.1 Å². The zero-order valence-electron chi connectivity index (χ0n) is 11.9. The molecule has 2 bridgehead atoms. The summed E-state index contributed by atoms with van der Waals surface area (Å²) in [5.74, 6) is 1.89. The molecule has 0 spiro atoms. The highest BCUT2D eigenvalue weighted by atomic mass is 16.4. The van der Waals surface area contributed by atoms with Crippen molar-refractivity contribution in [3.05, 3.63) is 30.3 Å². The van der Waals surface area contributed by atoms with Crippen molar-refractivity contribution in [3.63, 3.8) is 0 Å². The van der Waals surface area contributed by atoms with Gasteiger partial charge in [0.15, 0.2) is 0 Å². The van der Waals surface area contributed by atoms with Gasteiger partial charge in [0.05, 0.1) is 6.42 Å². The molecule has 3 heteroatoms. The highest BCUT2D eigenvalue weighted by Crippen LogP contribution is 2.48. The molecule has 0 aromatic heterocycles. The first-order chi connectivity index (χ1) is 9.72. The molecule has 1 aromatic rings. The number of carboxylic acid groups (broad SMARTS) is 1. The van der Waals surface area contributed by atoms with Gasteiger partial charge in [-0.25, -0.2) is 0 Å². The maximum atomic E-state index is 10.9. The fraction of sp³-hybridized carbons (Fsp3) is 0.588. The molecule has 2 aliphatic carbocycles. The lowest BCUT2D eigenvalue weighted by Crippen LogP contribution is -2.33. The molecule has 1 aromatic carbocycles. The minimum absolute atomic E-state index is 0.218. The number of rotatable bonds is 6. The Hall–Kier alpha value is -1.51. The highest BCUT2D eigenvalue weighted by Gasteiger charge is 2.39. The molecule has 3 nitrogen and oxygen atoms in total. The fourth-order valence-corrected chi connectivity index (χ4v) is 4.08. The summed E-state index contributed by atoms with van der Waals surface area (Å²) in [5.41, 5.74) is 1.16. The van der Waals surface area contributed by atoms with Gasteiger partial charge >= 0.3 is 5.97 Å². The van der Waals surface area contributed by atoms with Gasteiger partial charge in [0.2, 0.25) is 0 Å². The zero-order valence-corrected chi connectivity index (χ0v) is 11.9. The van der Waals surface area contributed by atoms with Crippen molar-refractivity contribution in [1.82, 2.24) is 0 Å². The highest BCUT2D eigenvalue weighted by molar-refractivity contribution is 5.67. The van der Waals surface area contributed by atoms with Gasteiger partial charge < -0.3 is 10.0 Å². The number of aliphatic carboxylic acids is 1. The maximum Gasteiger partial charge on any atom is 0.305 e. The van der Waals surface area contributed by atoms with Crippen LogP contribution in [-0.2, 0) is 4.79 Å². The van der Waals surface area contributed by atoms with E-state index in [2.05, 4.69) is 17.0 Å². The van der Waals surface area contributed by atoms with Crippen molar-refractivity contribution < 1.29 is 9.90 Å². The number of anilines is 1. The molecule has 2 fully saturated rings. The Morgan fingerprint density at radius 1 is 1.20 bits per heavy atom. The average Bonchev–Trinajstić information content (AvgIpc) is 3.06. The second-order valence-corrected chi connectivity index (χ2v) is 6.36. The van der Waals surface area contributed by atoms with Gasteiger partial charge in [0, 0.05) is 18.8 Å². The minimum atomic E-state index is -0.709. The van der Waals surface area contributed by atoms with E-state index in [9.17, 15) is 4.79 Å². The number of nitrogens with zero attached hydrogens (tertiary/aromatic N) is 1. The largest absolute Gasteiger partial charge is 0.481 e. The van der Waals surface area contributed by atoms with Crippen molar-refractivity contribution in [2.24, 2.45) is 17.8 Å². The van der Waals surface area contributed by atoms with E-state index < -0.39 is 5.97 Å². The van der Waals surface area contributed by atoms with Crippen molar-refractivity contribution in [3.8, 4) is 0 Å². The summed E-state index contributed by atoms with van der Waals surface area (Å²) in [5, 5.41) is 8.95. The van der Waals surface area contributed by atoms with Crippen molar-refractivity contribution in [2.75, 3.05) is 18.0 Å². The Labute approximate surface area is 120 Å². The molecule has 1 N–H and O–H groups in total. The summed E-state index contributed by atoms with van der Waals surface area (Å²) in [7, 11) is 0. The van der Waals surface area contributed by atoms with Gasteiger partial charge in [-0.2, -0.15) is 0 Å². The Balaban J connectivity index is 1.67. The molecule has 0 saturated heterocycles. The van der Waals surface area contributed by atoms with Gasteiger partial charge in [0.25, 0.3) is 0 Å². The lowest BCUT2D eigenvalue weighted by Gasteiger charge is -2.31. The average molecular weight is 273 g/mol. The number of hydrogen-bond donors (Lipinski definition) is 1. The number of benzene rings is 1. The first kappa shape index (κ1) is 13.5. The van der Waals surface area contributed by atoms with Crippen LogP contribution in [0.3, 0.4) is 0 Å². The van der Waals surface area contributed by atoms with E-state index in [0.717, 1.165) is 30.0 Å². The summed E-state index contributed by atoms with van der Waals surface area (Å²) >= 11 is 0. The Bertz CT molecular complexity index is 459. The molecule has 0 amide bonds. The van der Waals surface area contributed by atoms with Gasteiger partial charge in [-0.15, -0.1) is 0 Å². The van der Waals surface area contributed by atoms with E-state index in [1.165, 1.54) is 25.7 Å². The number of para-hydroxylation sites is 1. The molecular formula is C17H23NO2. The summed E-state index contributed by atoms with van der Waals surface area (Å²) in [6, 6.07) is 10.3. The minimum Gasteiger partial charge on any atom is -0.481 e. The molecule has 0 radical (unpaired) electrons. The van der Waals surface area contributed by atoms with Crippen LogP contribution in [0.15, 0.2) is 30.3 Å². The van der Waals surface area contributed by atoms with E-state index in [1.807, 2.05) is 18.2 Å². The van der Waals surface area contributed by atoms with Crippen LogP contribution in [0.25, 0.3) is 0 Å². The van der Waals surface area contributed by atoms with Crippen LogP contribution in [-0.4, -0.2) is 24.2 Å². The molecule has 20 heavy (non-hydrogen) atoms. The quantitative estimate of drug-likeness (QED) is 0.863. The summed E-state index contributed by atoms with van der Waals surface area (Å²) < 4.78 is 0. The smallest absolute Gasteiger partial charge is 0.305 e. The Morgan fingerprint density at radius 3 is 2.60 bits per heavy atom. The third-order valence-electron chi connectivity index (χ3n) is 5.06. The second kappa shape index (κ2) is 5.86. The number of fused-ring (bicyclic) bond motifs is 2. The van der Waals surface area contributed by atoms with Gasteiger partial charge in [-0.05, 0) is 49.1 Å². The van der Waals surface area contributed by atoms with Crippen molar-refractivity contribution in [1.29, 1.82) is 0 Å². The molecule has 3 atom stereocenters. The van der Waals surface area contributed by atoms with Gasteiger partial charge in [-0.3, -0.25) is 4.79 Å². The van der Waals surface area contributed by atoms with E-state index in [0.29, 0.717) is 6.54 Å². The van der Waals surface area contributed by atoms with Crippen LogP contribution < -0.4 is 4.90 Å². The zero-order chi connectivity index (χ0) is 13.9. The van der Waals surface area contributed by atoms with Crippen LogP contribution in [0.5, 0.6) is 0 Å². The SMILES string of the molecule is O=C(O)CCN(CC1CC2CCC1C2)c1ccccc1. The summed E-state index contributed by atoms with van der Waals surface area (Å²) in [4.78, 5) is 13.2. The third-order valence-corrected chi connectivity index (χ3v) is 5.06. The standard InChI is InChI=1S/C17H23NO2/c19-17(20)8-9-18(16-4-2-1-3-5-16)12-15-11-13-6-7-14(15)10-13/h1-5,13-15H,6-12H2,(H,19,20). The second-order valence-electron chi connectivity index (χ2n) is 6.36. The lowest BCUT2D eigenvalue weighted by atomic mass is 9.88. The third kappa shape index (κ3) is 2.97. The lowest BCUT2D eigenvalue weighted by molar-refractivity contribution is -0.136. The van der Waals surface area contributed by atoms with E-state index >= 15 is 0 Å². The van der Waals surface area contributed by atoms with Crippen LogP contribution in [0.2, 0.25) is 0 Å². The van der Waals surface area contributed by atoms with E-state index in [1.54, 1.807) is 0 Å². The molecule has 2 aliphatic rings. The number of carbonyl (C=O) groups is 1.